The molecule has 0 saturated carbocycles. The van der Waals surface area contributed by atoms with Gasteiger partial charge in [-0.15, -0.1) is 0 Å². The quantitative estimate of drug-likeness (QED) is 0.599. The first-order valence-electron chi connectivity index (χ1n) is 3.30. The van der Waals surface area contributed by atoms with Crippen LogP contribution in [0.5, 0.6) is 0 Å². The zero-order chi connectivity index (χ0) is 8.10. The van der Waals surface area contributed by atoms with Crippen molar-refractivity contribution >= 4 is 23.6 Å². The lowest BCUT2D eigenvalue weighted by atomic mass is 10.3. The van der Waals surface area contributed by atoms with E-state index in [-0.39, 0.29) is 0 Å². The first-order chi connectivity index (χ1) is 5.33. The van der Waals surface area contributed by atoms with Crippen molar-refractivity contribution in [3.05, 3.63) is 0 Å². The molecule has 1 saturated heterocycles. The van der Waals surface area contributed by atoms with Crippen molar-refractivity contribution in [3.8, 4) is 0 Å². The topological polar surface area (TPSA) is 50.7 Å². The summed E-state index contributed by atoms with van der Waals surface area (Å²) in [7, 11) is 1.32. The summed E-state index contributed by atoms with van der Waals surface area (Å²) in [6, 6.07) is 0. The Morgan fingerprint density at radius 1 is 1.82 bits per heavy atom. The maximum atomic E-state index is 10.5. The lowest BCUT2D eigenvalue weighted by Gasteiger charge is -1.96. The molecule has 62 valence electrons. The fourth-order valence-electron chi connectivity index (χ4n) is 0.711. The van der Waals surface area contributed by atoms with Crippen LogP contribution in [-0.2, 0) is 4.74 Å². The minimum Gasteiger partial charge on any atom is -0.452 e. The second-order valence-corrected chi connectivity index (χ2v) is 3.19. The van der Waals surface area contributed by atoms with Gasteiger partial charge >= 0.3 is 6.09 Å². The Labute approximate surface area is 69.4 Å². The van der Waals surface area contributed by atoms with E-state index in [4.69, 9.17) is 0 Å². The van der Waals surface area contributed by atoms with E-state index in [1.807, 2.05) is 11.8 Å². The predicted octanol–water partition coefficient (Wildman–Crippen LogP) is 0.835. The largest absolute Gasteiger partial charge is 0.452 e. The Morgan fingerprint density at radius 2 is 2.64 bits per heavy atom. The molecule has 0 aromatic rings. The number of methoxy groups -OCH3 is 1. The summed E-state index contributed by atoms with van der Waals surface area (Å²) in [4.78, 5) is 10.5. The van der Waals surface area contributed by atoms with Gasteiger partial charge in [0.15, 0.2) is 0 Å². The highest BCUT2D eigenvalue weighted by Crippen LogP contribution is 2.13. The number of nitrogens with zero attached hydrogens (tertiary/aromatic N) is 1. The molecule has 0 radical (unpaired) electrons. The van der Waals surface area contributed by atoms with Gasteiger partial charge in [-0.2, -0.15) is 16.9 Å². The Kier molecular flexibility index (Phi) is 3.22. The van der Waals surface area contributed by atoms with Crippen LogP contribution in [0, 0.1) is 0 Å². The van der Waals surface area contributed by atoms with Crippen LogP contribution in [0.4, 0.5) is 4.79 Å². The molecule has 5 heteroatoms. The summed E-state index contributed by atoms with van der Waals surface area (Å²) in [6.45, 7) is 0. The van der Waals surface area contributed by atoms with Crippen molar-refractivity contribution < 1.29 is 9.53 Å². The number of thioether (sulfide) groups is 1. The summed E-state index contributed by atoms with van der Waals surface area (Å²) < 4.78 is 4.35. The molecule has 0 aliphatic carbocycles. The van der Waals surface area contributed by atoms with Crippen molar-refractivity contribution in [2.45, 2.75) is 6.42 Å². The number of hydrogen-bond acceptors (Lipinski definition) is 4. The molecule has 0 bridgehead atoms. The molecule has 11 heavy (non-hydrogen) atoms. The normalized spacial score (nSPS) is 20.3. The average molecular weight is 174 g/mol. The standard InChI is InChI=1S/C6H10N2O2S/c1-10-6(9)8-7-5-2-3-11-4-5/h2-4H2,1H3,(H,8,9)/b7-5-. The summed E-state index contributed by atoms with van der Waals surface area (Å²) >= 11 is 1.82. The molecule has 0 spiro atoms. The summed E-state index contributed by atoms with van der Waals surface area (Å²) in [6.07, 6.45) is 0.462. The van der Waals surface area contributed by atoms with Gasteiger partial charge in [-0.05, 0) is 12.2 Å². The van der Waals surface area contributed by atoms with Gasteiger partial charge in [0, 0.05) is 11.5 Å². The minimum atomic E-state index is -0.505. The number of rotatable bonds is 1. The Morgan fingerprint density at radius 3 is 3.18 bits per heavy atom. The number of hydrogen-bond donors (Lipinski definition) is 1. The lowest BCUT2D eigenvalue weighted by Crippen LogP contribution is -2.18. The molecule has 1 heterocycles. The van der Waals surface area contributed by atoms with Gasteiger partial charge in [0.25, 0.3) is 0 Å². The third-order valence-electron chi connectivity index (χ3n) is 1.29. The molecular weight excluding hydrogens is 164 g/mol. The highest BCUT2D eigenvalue weighted by molar-refractivity contribution is 8.00. The fourth-order valence-corrected chi connectivity index (χ4v) is 1.68. The molecule has 0 atom stereocenters. The van der Waals surface area contributed by atoms with Crippen molar-refractivity contribution in [1.82, 2.24) is 5.43 Å². The van der Waals surface area contributed by atoms with Gasteiger partial charge < -0.3 is 4.74 Å². The van der Waals surface area contributed by atoms with Crippen LogP contribution < -0.4 is 5.43 Å². The van der Waals surface area contributed by atoms with E-state index in [0.717, 1.165) is 23.6 Å². The van der Waals surface area contributed by atoms with Crippen molar-refractivity contribution in [1.29, 1.82) is 0 Å². The van der Waals surface area contributed by atoms with Gasteiger partial charge in [0.2, 0.25) is 0 Å². The number of carbonyl (C=O) groups excluding carboxylic acids is 1. The van der Waals surface area contributed by atoms with Crippen LogP contribution in [0.1, 0.15) is 6.42 Å². The predicted molar refractivity (Wildman–Crippen MR) is 44.9 cm³/mol. The van der Waals surface area contributed by atoms with Crippen molar-refractivity contribution in [2.24, 2.45) is 5.10 Å². The smallest absolute Gasteiger partial charge is 0.427 e. The molecular formula is C6H10N2O2S. The lowest BCUT2D eigenvalue weighted by molar-refractivity contribution is 0.171. The van der Waals surface area contributed by atoms with Crippen LogP contribution in [0.3, 0.4) is 0 Å². The van der Waals surface area contributed by atoms with E-state index in [9.17, 15) is 4.79 Å². The van der Waals surface area contributed by atoms with E-state index in [0.29, 0.717) is 0 Å². The average Bonchev–Trinajstić information content (AvgIpc) is 2.52. The molecule has 1 aliphatic rings. The second-order valence-electron chi connectivity index (χ2n) is 2.08. The Hall–Kier alpha value is -0.710. The first-order valence-corrected chi connectivity index (χ1v) is 4.45. The van der Waals surface area contributed by atoms with Gasteiger partial charge in [-0.1, -0.05) is 0 Å². The van der Waals surface area contributed by atoms with Crippen LogP contribution in [-0.4, -0.2) is 30.4 Å². The van der Waals surface area contributed by atoms with Gasteiger partial charge in [0.05, 0.1) is 7.11 Å². The van der Waals surface area contributed by atoms with E-state index >= 15 is 0 Å². The molecule has 0 unspecified atom stereocenters. The van der Waals surface area contributed by atoms with Crippen molar-refractivity contribution in [3.63, 3.8) is 0 Å². The highest BCUT2D eigenvalue weighted by atomic mass is 32.2. The minimum absolute atomic E-state index is 0.505. The second kappa shape index (κ2) is 4.23. The molecule has 1 aliphatic heterocycles. The first kappa shape index (κ1) is 8.39. The number of ether oxygens (including phenoxy) is 1. The van der Waals surface area contributed by atoms with Crippen LogP contribution in [0.25, 0.3) is 0 Å². The van der Waals surface area contributed by atoms with Crippen LogP contribution in [0.2, 0.25) is 0 Å². The molecule has 0 aromatic heterocycles. The van der Waals surface area contributed by atoms with Gasteiger partial charge in [-0.3, -0.25) is 0 Å². The summed E-state index contributed by atoms with van der Waals surface area (Å²) in [5.41, 5.74) is 3.32. The molecule has 1 N–H and O–H groups in total. The van der Waals surface area contributed by atoms with Crippen molar-refractivity contribution in [2.75, 3.05) is 18.6 Å². The van der Waals surface area contributed by atoms with E-state index in [1.165, 1.54) is 7.11 Å². The molecule has 1 rings (SSSR count). The zero-order valence-electron chi connectivity index (χ0n) is 6.29. The molecule has 1 amide bonds. The van der Waals surface area contributed by atoms with E-state index < -0.39 is 6.09 Å². The van der Waals surface area contributed by atoms with Gasteiger partial charge in [0.1, 0.15) is 0 Å². The monoisotopic (exact) mass is 174 g/mol. The van der Waals surface area contributed by atoms with Crippen LogP contribution in [0.15, 0.2) is 5.10 Å². The highest BCUT2D eigenvalue weighted by Gasteiger charge is 2.08. The van der Waals surface area contributed by atoms with Gasteiger partial charge in [-0.25, -0.2) is 10.2 Å². The molecule has 4 nitrogen and oxygen atoms in total. The van der Waals surface area contributed by atoms with Crippen LogP contribution >= 0.6 is 11.8 Å². The maximum absolute atomic E-state index is 10.5. The number of amides is 1. The number of carbonyl (C=O) groups is 1. The Bertz CT molecular complexity index is 173. The summed E-state index contributed by atoms with van der Waals surface area (Å²) in [5, 5.41) is 3.87. The SMILES string of the molecule is COC(=O)N/N=C1/CCSC1. The zero-order valence-corrected chi connectivity index (χ0v) is 7.11. The fraction of sp³-hybridized carbons (Fsp3) is 0.667. The third-order valence-corrected chi connectivity index (χ3v) is 2.32. The Balaban J connectivity index is 2.28. The maximum Gasteiger partial charge on any atom is 0.427 e. The number of hydrazone groups is 1. The molecule has 1 fully saturated rings. The molecule has 0 aromatic carbocycles. The van der Waals surface area contributed by atoms with E-state index in [1.54, 1.807) is 0 Å². The third kappa shape index (κ3) is 2.80. The number of nitrogens with one attached hydrogen (secondary N) is 1. The summed E-state index contributed by atoms with van der Waals surface area (Å²) in [5.74, 6) is 2.02. The van der Waals surface area contributed by atoms with E-state index in [2.05, 4.69) is 15.3 Å².